The third kappa shape index (κ3) is 2.61. The number of aromatic nitrogens is 2. The first-order chi connectivity index (χ1) is 7.65. The number of anilines is 1. The van der Waals surface area contributed by atoms with E-state index in [9.17, 15) is 4.79 Å². The topological polar surface area (TPSA) is 72.9 Å². The molecule has 1 saturated carbocycles. The first kappa shape index (κ1) is 11.1. The van der Waals surface area contributed by atoms with E-state index in [1.165, 1.54) is 6.92 Å². The highest BCUT2D eigenvalue weighted by Crippen LogP contribution is 2.27. The normalized spacial score (nSPS) is 25.4. The van der Waals surface area contributed by atoms with Crippen LogP contribution < -0.4 is 11.1 Å². The lowest BCUT2D eigenvalue weighted by molar-refractivity contribution is -0.114. The molecule has 2 atom stereocenters. The van der Waals surface area contributed by atoms with Gasteiger partial charge in [-0.1, -0.05) is 0 Å². The smallest absolute Gasteiger partial charge is 0.221 e. The molecule has 16 heavy (non-hydrogen) atoms. The van der Waals surface area contributed by atoms with Gasteiger partial charge in [0.25, 0.3) is 0 Å². The molecule has 3 N–H and O–H groups in total. The summed E-state index contributed by atoms with van der Waals surface area (Å²) in [5, 5.41) is 7.00. The molecule has 0 bridgehead atoms. The van der Waals surface area contributed by atoms with Gasteiger partial charge in [-0.2, -0.15) is 5.10 Å². The van der Waals surface area contributed by atoms with Crippen LogP contribution in [0.25, 0.3) is 0 Å². The number of hydrogen-bond donors (Lipinski definition) is 2. The van der Waals surface area contributed by atoms with Crippen LogP contribution in [0.4, 0.5) is 5.69 Å². The predicted molar refractivity (Wildman–Crippen MR) is 62.0 cm³/mol. The van der Waals surface area contributed by atoms with Gasteiger partial charge in [0, 0.05) is 19.2 Å². The molecule has 0 aromatic carbocycles. The second kappa shape index (κ2) is 4.65. The molecule has 1 fully saturated rings. The van der Waals surface area contributed by atoms with Gasteiger partial charge in [0.2, 0.25) is 5.91 Å². The van der Waals surface area contributed by atoms with Crippen molar-refractivity contribution in [1.82, 2.24) is 9.78 Å². The quantitative estimate of drug-likeness (QED) is 0.791. The zero-order valence-electron chi connectivity index (χ0n) is 9.52. The summed E-state index contributed by atoms with van der Waals surface area (Å²) < 4.78 is 1.92. The van der Waals surface area contributed by atoms with E-state index in [0.29, 0.717) is 6.04 Å². The molecule has 1 amide bonds. The van der Waals surface area contributed by atoms with Crippen LogP contribution in [0.15, 0.2) is 12.4 Å². The lowest BCUT2D eigenvalue weighted by atomic mass is 9.92. The molecule has 2 rings (SSSR count). The minimum atomic E-state index is -0.0695. The lowest BCUT2D eigenvalue weighted by Crippen LogP contribution is -2.29. The Hall–Kier alpha value is -1.36. The molecule has 0 spiro atoms. The van der Waals surface area contributed by atoms with Gasteiger partial charge in [-0.25, -0.2) is 0 Å². The number of carbonyl (C=O) groups excluding carboxylic acids is 1. The van der Waals surface area contributed by atoms with Crippen molar-refractivity contribution in [2.45, 2.75) is 44.7 Å². The molecule has 1 aliphatic carbocycles. The van der Waals surface area contributed by atoms with Crippen molar-refractivity contribution in [1.29, 1.82) is 0 Å². The third-order valence-electron chi connectivity index (χ3n) is 2.98. The number of carbonyl (C=O) groups is 1. The summed E-state index contributed by atoms with van der Waals surface area (Å²) in [6, 6.07) is 0.665. The summed E-state index contributed by atoms with van der Waals surface area (Å²) in [5.74, 6) is -0.0695. The summed E-state index contributed by atoms with van der Waals surface area (Å²) in [6.45, 7) is 1.49. The Morgan fingerprint density at radius 1 is 1.62 bits per heavy atom. The van der Waals surface area contributed by atoms with E-state index in [1.807, 2.05) is 10.9 Å². The molecule has 88 valence electrons. The first-order valence-electron chi connectivity index (χ1n) is 5.72. The van der Waals surface area contributed by atoms with Gasteiger partial charge in [0.1, 0.15) is 0 Å². The van der Waals surface area contributed by atoms with Gasteiger partial charge in [-0.05, 0) is 25.7 Å². The van der Waals surface area contributed by atoms with Crippen molar-refractivity contribution in [3.63, 3.8) is 0 Å². The van der Waals surface area contributed by atoms with Crippen molar-refractivity contribution >= 4 is 11.6 Å². The zero-order chi connectivity index (χ0) is 11.5. The van der Waals surface area contributed by atoms with Crippen LogP contribution >= 0.6 is 0 Å². The fourth-order valence-corrected chi connectivity index (χ4v) is 2.25. The predicted octanol–water partition coefficient (Wildman–Crippen LogP) is 1.28. The van der Waals surface area contributed by atoms with Crippen LogP contribution in [0, 0.1) is 0 Å². The largest absolute Gasteiger partial charge is 0.328 e. The maximum absolute atomic E-state index is 10.9. The van der Waals surface area contributed by atoms with Gasteiger partial charge in [0.05, 0.1) is 17.9 Å². The van der Waals surface area contributed by atoms with Crippen LogP contribution in [0.3, 0.4) is 0 Å². The summed E-state index contributed by atoms with van der Waals surface area (Å²) in [6.07, 6.45) is 7.92. The van der Waals surface area contributed by atoms with Gasteiger partial charge in [0.15, 0.2) is 0 Å². The number of hydrogen-bond acceptors (Lipinski definition) is 3. The molecular weight excluding hydrogens is 204 g/mol. The average Bonchev–Trinajstić information content (AvgIpc) is 2.65. The Kier molecular flexibility index (Phi) is 3.24. The monoisotopic (exact) mass is 222 g/mol. The maximum Gasteiger partial charge on any atom is 0.221 e. The molecule has 0 saturated heterocycles. The molecule has 0 aliphatic heterocycles. The molecule has 1 aromatic rings. The van der Waals surface area contributed by atoms with E-state index in [1.54, 1.807) is 6.20 Å². The number of nitrogens with one attached hydrogen (secondary N) is 1. The van der Waals surface area contributed by atoms with Crippen molar-refractivity contribution in [2.75, 3.05) is 5.32 Å². The number of amides is 1. The van der Waals surface area contributed by atoms with Crippen molar-refractivity contribution in [3.8, 4) is 0 Å². The molecule has 1 heterocycles. The summed E-state index contributed by atoms with van der Waals surface area (Å²) in [4.78, 5) is 10.9. The van der Waals surface area contributed by atoms with E-state index < -0.39 is 0 Å². The maximum atomic E-state index is 10.9. The van der Waals surface area contributed by atoms with E-state index in [2.05, 4.69) is 10.4 Å². The Bertz CT molecular complexity index is 374. The minimum absolute atomic E-state index is 0.0695. The van der Waals surface area contributed by atoms with E-state index in [4.69, 9.17) is 5.73 Å². The van der Waals surface area contributed by atoms with E-state index >= 15 is 0 Å². The van der Waals surface area contributed by atoms with Gasteiger partial charge < -0.3 is 11.1 Å². The Labute approximate surface area is 95.0 Å². The van der Waals surface area contributed by atoms with Crippen LogP contribution in [-0.4, -0.2) is 21.7 Å². The molecule has 5 heteroatoms. The SMILES string of the molecule is CC(=O)Nc1cnn(C2CCCC(N)C2)c1. The van der Waals surface area contributed by atoms with E-state index in [0.717, 1.165) is 31.4 Å². The molecule has 2 unspecified atom stereocenters. The molecule has 1 aromatic heterocycles. The van der Waals surface area contributed by atoms with Gasteiger partial charge >= 0.3 is 0 Å². The molecule has 0 radical (unpaired) electrons. The zero-order valence-corrected chi connectivity index (χ0v) is 9.52. The second-order valence-electron chi connectivity index (χ2n) is 4.47. The van der Waals surface area contributed by atoms with Gasteiger partial charge in [-0.15, -0.1) is 0 Å². The Morgan fingerprint density at radius 3 is 3.12 bits per heavy atom. The Morgan fingerprint density at radius 2 is 2.44 bits per heavy atom. The van der Waals surface area contributed by atoms with Crippen molar-refractivity contribution in [3.05, 3.63) is 12.4 Å². The number of rotatable bonds is 2. The summed E-state index contributed by atoms with van der Waals surface area (Å²) >= 11 is 0. The fraction of sp³-hybridized carbons (Fsp3) is 0.636. The highest BCUT2D eigenvalue weighted by atomic mass is 16.1. The summed E-state index contributed by atoms with van der Waals surface area (Å²) in [5.41, 5.74) is 6.70. The fourth-order valence-electron chi connectivity index (χ4n) is 2.25. The highest BCUT2D eigenvalue weighted by molar-refractivity contribution is 5.88. The van der Waals surface area contributed by atoms with Crippen molar-refractivity contribution in [2.24, 2.45) is 5.73 Å². The highest BCUT2D eigenvalue weighted by Gasteiger charge is 2.21. The third-order valence-corrected chi connectivity index (χ3v) is 2.98. The van der Waals surface area contributed by atoms with Crippen LogP contribution in [0.1, 0.15) is 38.6 Å². The number of nitrogens with two attached hydrogens (primary N) is 1. The molecule has 1 aliphatic rings. The number of nitrogens with zero attached hydrogens (tertiary/aromatic N) is 2. The first-order valence-corrected chi connectivity index (χ1v) is 5.72. The molecule has 5 nitrogen and oxygen atoms in total. The van der Waals surface area contributed by atoms with Crippen LogP contribution in [0.5, 0.6) is 0 Å². The van der Waals surface area contributed by atoms with E-state index in [-0.39, 0.29) is 11.9 Å². The average molecular weight is 222 g/mol. The van der Waals surface area contributed by atoms with Crippen molar-refractivity contribution < 1.29 is 4.79 Å². The lowest BCUT2D eigenvalue weighted by Gasteiger charge is -2.26. The standard InChI is InChI=1S/C11H18N4O/c1-8(16)14-10-6-13-15(7-10)11-4-2-3-9(12)5-11/h6-7,9,11H,2-5,12H2,1H3,(H,14,16). The minimum Gasteiger partial charge on any atom is -0.328 e. The van der Waals surface area contributed by atoms with Gasteiger partial charge in [-0.3, -0.25) is 9.48 Å². The van der Waals surface area contributed by atoms with Crippen LogP contribution in [-0.2, 0) is 4.79 Å². The van der Waals surface area contributed by atoms with Crippen LogP contribution in [0.2, 0.25) is 0 Å². The molecular formula is C11H18N4O. The summed E-state index contributed by atoms with van der Waals surface area (Å²) in [7, 11) is 0. The Balaban J connectivity index is 2.03. The second-order valence-corrected chi connectivity index (χ2v) is 4.47.